The molecule has 2 aromatic rings. The Labute approximate surface area is 121 Å². The normalized spacial score (nSPS) is 15.8. The van der Waals surface area contributed by atoms with Gasteiger partial charge in [0, 0.05) is 24.0 Å². The Bertz CT molecular complexity index is 675. The van der Waals surface area contributed by atoms with Crippen molar-refractivity contribution in [2.45, 2.75) is 6.92 Å². The van der Waals surface area contributed by atoms with Gasteiger partial charge in [0.15, 0.2) is 0 Å². The van der Waals surface area contributed by atoms with Gasteiger partial charge in [-0.1, -0.05) is 11.6 Å². The number of aromatic carboxylic acids is 1. The summed E-state index contributed by atoms with van der Waals surface area (Å²) in [4.78, 5) is 16.2. The molecule has 1 aromatic heterocycles. The molecule has 1 fully saturated rings. The summed E-state index contributed by atoms with van der Waals surface area (Å²) in [5.74, 6) is -0.956. The van der Waals surface area contributed by atoms with Gasteiger partial charge in [0.05, 0.1) is 23.9 Å². The van der Waals surface area contributed by atoms with Gasteiger partial charge < -0.3 is 19.7 Å². The molecule has 20 heavy (non-hydrogen) atoms. The average molecular weight is 295 g/mol. The second-order valence-corrected chi connectivity index (χ2v) is 5.29. The van der Waals surface area contributed by atoms with Gasteiger partial charge in [0.2, 0.25) is 0 Å². The Balaban J connectivity index is 2.12. The molecule has 1 saturated heterocycles. The predicted molar refractivity (Wildman–Crippen MR) is 78.0 cm³/mol. The van der Waals surface area contributed by atoms with Crippen LogP contribution in [0.15, 0.2) is 12.1 Å². The fourth-order valence-corrected chi connectivity index (χ4v) is 2.88. The first-order valence-corrected chi connectivity index (χ1v) is 6.83. The first-order valence-electron chi connectivity index (χ1n) is 6.45. The van der Waals surface area contributed by atoms with Crippen LogP contribution < -0.4 is 4.90 Å². The molecule has 0 unspecified atom stereocenters. The Morgan fingerprint density at radius 3 is 2.75 bits per heavy atom. The highest BCUT2D eigenvalue weighted by Gasteiger charge is 2.19. The van der Waals surface area contributed by atoms with E-state index in [1.807, 2.05) is 6.07 Å². The lowest BCUT2D eigenvalue weighted by Crippen LogP contribution is -2.36. The molecule has 1 aromatic carbocycles. The minimum absolute atomic E-state index is 0.218. The van der Waals surface area contributed by atoms with Crippen molar-refractivity contribution in [2.75, 3.05) is 31.2 Å². The number of aryl methyl sites for hydroxylation is 1. The molecule has 0 spiro atoms. The van der Waals surface area contributed by atoms with Crippen molar-refractivity contribution in [2.24, 2.45) is 0 Å². The first-order chi connectivity index (χ1) is 9.58. The van der Waals surface area contributed by atoms with Crippen LogP contribution in [0.4, 0.5) is 5.69 Å². The standard InChI is InChI=1S/C14H15ClN2O3/c1-8-9-6-12(17-2-4-20-5-3-17)10(15)7-11(9)16-13(8)14(18)19/h6-7,16H,2-5H2,1H3,(H,18,19). The van der Waals surface area contributed by atoms with E-state index in [-0.39, 0.29) is 5.69 Å². The third-order valence-electron chi connectivity index (χ3n) is 3.69. The van der Waals surface area contributed by atoms with Gasteiger partial charge in [-0.15, -0.1) is 0 Å². The lowest BCUT2D eigenvalue weighted by atomic mass is 10.1. The lowest BCUT2D eigenvalue weighted by Gasteiger charge is -2.29. The highest BCUT2D eigenvalue weighted by atomic mass is 35.5. The van der Waals surface area contributed by atoms with E-state index in [1.165, 1.54) is 0 Å². The fourth-order valence-electron chi connectivity index (χ4n) is 2.60. The minimum Gasteiger partial charge on any atom is -0.477 e. The quantitative estimate of drug-likeness (QED) is 0.894. The second-order valence-electron chi connectivity index (χ2n) is 4.88. The topological polar surface area (TPSA) is 65.6 Å². The minimum atomic E-state index is -0.956. The number of nitrogens with zero attached hydrogens (tertiary/aromatic N) is 1. The Kier molecular flexibility index (Phi) is 3.31. The number of hydrogen-bond acceptors (Lipinski definition) is 3. The number of anilines is 1. The number of aromatic amines is 1. The SMILES string of the molecule is Cc1c(C(=O)O)[nH]c2cc(Cl)c(N3CCOCC3)cc12. The van der Waals surface area contributed by atoms with Gasteiger partial charge in [0.1, 0.15) is 5.69 Å². The van der Waals surface area contributed by atoms with Gasteiger partial charge in [-0.2, -0.15) is 0 Å². The summed E-state index contributed by atoms with van der Waals surface area (Å²) in [5, 5.41) is 10.7. The van der Waals surface area contributed by atoms with E-state index in [9.17, 15) is 4.79 Å². The molecule has 1 aliphatic rings. The monoisotopic (exact) mass is 294 g/mol. The van der Waals surface area contributed by atoms with Crippen LogP contribution in [-0.2, 0) is 4.74 Å². The van der Waals surface area contributed by atoms with E-state index < -0.39 is 5.97 Å². The molecule has 0 bridgehead atoms. The first kappa shape index (κ1) is 13.3. The van der Waals surface area contributed by atoms with Crippen LogP contribution in [0.25, 0.3) is 10.9 Å². The third kappa shape index (κ3) is 2.13. The largest absolute Gasteiger partial charge is 0.477 e. The van der Waals surface area contributed by atoms with Crippen LogP contribution >= 0.6 is 11.6 Å². The van der Waals surface area contributed by atoms with E-state index in [2.05, 4.69) is 9.88 Å². The number of hydrogen-bond donors (Lipinski definition) is 2. The molecular weight excluding hydrogens is 280 g/mol. The zero-order valence-electron chi connectivity index (χ0n) is 11.1. The maximum atomic E-state index is 11.2. The van der Waals surface area contributed by atoms with E-state index in [0.717, 1.165) is 35.2 Å². The van der Waals surface area contributed by atoms with Crippen molar-refractivity contribution in [3.05, 3.63) is 28.4 Å². The lowest BCUT2D eigenvalue weighted by molar-refractivity contribution is 0.0690. The number of fused-ring (bicyclic) bond motifs is 1. The van der Waals surface area contributed by atoms with Gasteiger partial charge in [-0.05, 0) is 24.6 Å². The van der Waals surface area contributed by atoms with Gasteiger partial charge in [-0.3, -0.25) is 0 Å². The molecule has 2 N–H and O–H groups in total. The molecule has 1 aliphatic heterocycles. The van der Waals surface area contributed by atoms with Crippen LogP contribution in [0, 0.1) is 6.92 Å². The highest BCUT2D eigenvalue weighted by Crippen LogP contribution is 2.33. The van der Waals surface area contributed by atoms with Gasteiger partial charge in [-0.25, -0.2) is 4.79 Å². The maximum absolute atomic E-state index is 11.2. The molecular formula is C14H15ClN2O3. The molecule has 0 aliphatic carbocycles. The molecule has 2 heterocycles. The molecule has 0 amide bonds. The molecule has 0 saturated carbocycles. The number of carboxylic acid groups (broad SMARTS) is 1. The predicted octanol–water partition coefficient (Wildman–Crippen LogP) is 2.66. The van der Waals surface area contributed by atoms with Crippen LogP contribution in [0.5, 0.6) is 0 Å². The van der Waals surface area contributed by atoms with Crippen molar-refractivity contribution in [1.29, 1.82) is 0 Å². The summed E-state index contributed by atoms with van der Waals surface area (Å²) in [6.45, 7) is 4.75. The third-order valence-corrected chi connectivity index (χ3v) is 3.99. The smallest absolute Gasteiger partial charge is 0.352 e. The number of halogens is 1. The van der Waals surface area contributed by atoms with Crippen LogP contribution in [-0.4, -0.2) is 42.4 Å². The van der Waals surface area contributed by atoms with Crippen molar-refractivity contribution in [1.82, 2.24) is 4.98 Å². The number of morpholine rings is 1. The summed E-state index contributed by atoms with van der Waals surface area (Å²) in [7, 11) is 0. The summed E-state index contributed by atoms with van der Waals surface area (Å²) < 4.78 is 5.34. The van der Waals surface area contributed by atoms with E-state index >= 15 is 0 Å². The maximum Gasteiger partial charge on any atom is 0.352 e. The van der Waals surface area contributed by atoms with Crippen LogP contribution in [0.1, 0.15) is 16.1 Å². The van der Waals surface area contributed by atoms with Gasteiger partial charge in [0.25, 0.3) is 0 Å². The Morgan fingerprint density at radius 1 is 1.40 bits per heavy atom. The summed E-state index contributed by atoms with van der Waals surface area (Å²) in [6.07, 6.45) is 0. The molecule has 6 heteroatoms. The van der Waals surface area contributed by atoms with E-state index in [1.54, 1.807) is 13.0 Å². The number of carboxylic acids is 1. The number of rotatable bonds is 2. The zero-order valence-corrected chi connectivity index (χ0v) is 11.8. The number of benzene rings is 1. The number of aromatic nitrogens is 1. The second kappa shape index (κ2) is 5.00. The average Bonchev–Trinajstić information content (AvgIpc) is 2.75. The summed E-state index contributed by atoms with van der Waals surface area (Å²) in [6, 6.07) is 3.75. The summed E-state index contributed by atoms with van der Waals surface area (Å²) in [5.41, 5.74) is 2.64. The summed E-state index contributed by atoms with van der Waals surface area (Å²) >= 11 is 6.33. The Morgan fingerprint density at radius 2 is 2.10 bits per heavy atom. The number of carbonyl (C=O) groups is 1. The molecule has 5 nitrogen and oxygen atoms in total. The zero-order chi connectivity index (χ0) is 14.3. The van der Waals surface area contributed by atoms with Crippen molar-refractivity contribution in [3.63, 3.8) is 0 Å². The molecule has 106 valence electrons. The van der Waals surface area contributed by atoms with Crippen molar-refractivity contribution >= 4 is 34.2 Å². The van der Waals surface area contributed by atoms with E-state index in [0.29, 0.717) is 18.2 Å². The number of H-pyrrole nitrogens is 1. The molecule has 0 radical (unpaired) electrons. The van der Waals surface area contributed by atoms with E-state index in [4.69, 9.17) is 21.4 Å². The van der Waals surface area contributed by atoms with Crippen molar-refractivity contribution < 1.29 is 14.6 Å². The highest BCUT2D eigenvalue weighted by molar-refractivity contribution is 6.34. The van der Waals surface area contributed by atoms with Crippen LogP contribution in [0.3, 0.4) is 0 Å². The van der Waals surface area contributed by atoms with Crippen LogP contribution in [0.2, 0.25) is 5.02 Å². The number of nitrogens with one attached hydrogen (secondary N) is 1. The van der Waals surface area contributed by atoms with Crippen molar-refractivity contribution in [3.8, 4) is 0 Å². The van der Waals surface area contributed by atoms with Gasteiger partial charge >= 0.3 is 5.97 Å². The molecule has 0 atom stereocenters. The Hall–Kier alpha value is -1.72. The number of ether oxygens (including phenoxy) is 1. The fraction of sp³-hybridized carbons (Fsp3) is 0.357. The molecule has 3 rings (SSSR count).